The normalized spacial score (nSPS) is 14.3. The monoisotopic (exact) mass is 206 g/mol. The molecule has 15 heavy (non-hydrogen) atoms. The van der Waals surface area contributed by atoms with Crippen LogP contribution in [0.1, 0.15) is 6.42 Å². The largest absolute Gasteiger partial charge is 0.497 e. The molecule has 1 aromatic carbocycles. The second kappa shape index (κ2) is 4.21. The number of ether oxygens (including phenoxy) is 1. The zero-order valence-electron chi connectivity index (χ0n) is 8.69. The average molecular weight is 206 g/mol. The van der Waals surface area contributed by atoms with E-state index in [1.54, 1.807) is 12.0 Å². The standard InChI is InChI=1S/C11H14N2O2/c1-15-10-5-3-9(4-6-10)12-11(14)13-7-2-8-13/h3-6H,2,7-8H2,1H3,(H,12,14). The lowest BCUT2D eigenvalue weighted by Gasteiger charge is -2.30. The molecule has 1 N–H and O–H groups in total. The van der Waals surface area contributed by atoms with Crippen molar-refractivity contribution >= 4 is 11.7 Å². The second-order valence-electron chi connectivity index (χ2n) is 3.50. The molecule has 0 aliphatic carbocycles. The topological polar surface area (TPSA) is 41.6 Å². The number of rotatable bonds is 2. The minimum absolute atomic E-state index is 0.0218. The molecule has 0 unspecified atom stereocenters. The van der Waals surface area contributed by atoms with Gasteiger partial charge in [0.25, 0.3) is 0 Å². The number of hydrogen-bond acceptors (Lipinski definition) is 2. The number of carbonyl (C=O) groups is 1. The van der Waals surface area contributed by atoms with E-state index in [2.05, 4.69) is 5.32 Å². The number of urea groups is 1. The summed E-state index contributed by atoms with van der Waals surface area (Å²) in [7, 11) is 1.62. The van der Waals surface area contributed by atoms with E-state index in [4.69, 9.17) is 4.74 Å². The van der Waals surface area contributed by atoms with E-state index in [1.807, 2.05) is 24.3 Å². The molecule has 1 heterocycles. The maximum atomic E-state index is 11.5. The molecule has 1 fully saturated rings. The maximum absolute atomic E-state index is 11.5. The van der Waals surface area contributed by atoms with Gasteiger partial charge < -0.3 is 15.0 Å². The molecule has 2 rings (SSSR count). The minimum Gasteiger partial charge on any atom is -0.497 e. The van der Waals surface area contributed by atoms with Crippen molar-refractivity contribution in [3.8, 4) is 5.75 Å². The molecular weight excluding hydrogens is 192 g/mol. The highest BCUT2D eigenvalue weighted by atomic mass is 16.5. The number of benzene rings is 1. The van der Waals surface area contributed by atoms with Crippen molar-refractivity contribution in [1.29, 1.82) is 0 Å². The summed E-state index contributed by atoms with van der Waals surface area (Å²) >= 11 is 0. The number of nitrogens with one attached hydrogen (secondary N) is 1. The second-order valence-corrected chi connectivity index (χ2v) is 3.50. The zero-order chi connectivity index (χ0) is 10.7. The molecule has 2 amide bonds. The van der Waals surface area contributed by atoms with Crippen LogP contribution in [0.15, 0.2) is 24.3 Å². The summed E-state index contributed by atoms with van der Waals surface area (Å²) in [5.74, 6) is 0.789. The number of anilines is 1. The summed E-state index contributed by atoms with van der Waals surface area (Å²) < 4.78 is 5.03. The van der Waals surface area contributed by atoms with E-state index in [-0.39, 0.29) is 6.03 Å². The first-order valence-electron chi connectivity index (χ1n) is 4.99. The van der Waals surface area contributed by atoms with Crippen LogP contribution < -0.4 is 10.1 Å². The lowest BCUT2D eigenvalue weighted by molar-refractivity contribution is 0.181. The lowest BCUT2D eigenvalue weighted by Crippen LogP contribution is -2.44. The number of amides is 2. The summed E-state index contributed by atoms with van der Waals surface area (Å²) in [4.78, 5) is 13.3. The third kappa shape index (κ3) is 2.21. The lowest BCUT2D eigenvalue weighted by atomic mass is 10.2. The first-order chi connectivity index (χ1) is 7.29. The van der Waals surface area contributed by atoms with Crippen LogP contribution in [0.5, 0.6) is 5.75 Å². The van der Waals surface area contributed by atoms with E-state index >= 15 is 0 Å². The van der Waals surface area contributed by atoms with E-state index in [0.717, 1.165) is 30.9 Å². The Labute approximate surface area is 88.8 Å². The Morgan fingerprint density at radius 2 is 2.00 bits per heavy atom. The van der Waals surface area contributed by atoms with Crippen molar-refractivity contribution in [2.75, 3.05) is 25.5 Å². The van der Waals surface area contributed by atoms with E-state index in [9.17, 15) is 4.79 Å². The fraction of sp³-hybridized carbons (Fsp3) is 0.364. The van der Waals surface area contributed by atoms with Gasteiger partial charge in [-0.05, 0) is 30.7 Å². The van der Waals surface area contributed by atoms with Crippen molar-refractivity contribution in [3.63, 3.8) is 0 Å². The predicted molar refractivity (Wildman–Crippen MR) is 58.2 cm³/mol. The van der Waals surface area contributed by atoms with E-state index < -0.39 is 0 Å². The number of nitrogens with zero attached hydrogens (tertiary/aromatic N) is 1. The van der Waals surface area contributed by atoms with Crippen LogP contribution in [0, 0.1) is 0 Å². The van der Waals surface area contributed by atoms with Gasteiger partial charge >= 0.3 is 6.03 Å². The first kappa shape index (κ1) is 9.83. The van der Waals surface area contributed by atoms with Crippen molar-refractivity contribution in [2.45, 2.75) is 6.42 Å². The molecule has 0 atom stereocenters. The molecule has 4 nitrogen and oxygen atoms in total. The fourth-order valence-corrected chi connectivity index (χ4v) is 1.40. The van der Waals surface area contributed by atoms with Gasteiger partial charge in [0.1, 0.15) is 5.75 Å². The Kier molecular flexibility index (Phi) is 2.76. The van der Waals surface area contributed by atoms with E-state index in [0.29, 0.717) is 0 Å². The molecule has 1 aliphatic rings. The number of likely N-dealkylation sites (tertiary alicyclic amines) is 1. The fourth-order valence-electron chi connectivity index (χ4n) is 1.40. The number of methoxy groups -OCH3 is 1. The van der Waals surface area contributed by atoms with Crippen LogP contribution >= 0.6 is 0 Å². The van der Waals surface area contributed by atoms with Gasteiger partial charge in [-0.1, -0.05) is 0 Å². The molecule has 0 saturated carbocycles. The van der Waals surface area contributed by atoms with Crippen LogP contribution in [0.2, 0.25) is 0 Å². The van der Waals surface area contributed by atoms with Gasteiger partial charge in [0.15, 0.2) is 0 Å². The van der Waals surface area contributed by atoms with E-state index in [1.165, 1.54) is 0 Å². The van der Waals surface area contributed by atoms with Gasteiger partial charge in [0.05, 0.1) is 7.11 Å². The third-order valence-corrected chi connectivity index (χ3v) is 2.48. The first-order valence-corrected chi connectivity index (χ1v) is 4.99. The molecule has 0 aromatic heterocycles. The van der Waals surface area contributed by atoms with Crippen molar-refractivity contribution in [1.82, 2.24) is 4.90 Å². The summed E-state index contributed by atoms with van der Waals surface area (Å²) in [6.07, 6.45) is 1.11. The molecule has 4 heteroatoms. The zero-order valence-corrected chi connectivity index (χ0v) is 8.69. The van der Waals surface area contributed by atoms with Crippen LogP contribution in [-0.4, -0.2) is 31.1 Å². The maximum Gasteiger partial charge on any atom is 0.321 e. The highest BCUT2D eigenvalue weighted by Gasteiger charge is 2.19. The van der Waals surface area contributed by atoms with Crippen LogP contribution in [0.3, 0.4) is 0 Å². The Morgan fingerprint density at radius 1 is 1.33 bits per heavy atom. The SMILES string of the molecule is COc1ccc(NC(=O)N2CCC2)cc1. The molecule has 0 radical (unpaired) electrons. The Bertz CT molecular complexity index is 344. The molecule has 1 saturated heterocycles. The summed E-state index contributed by atoms with van der Waals surface area (Å²) in [5, 5.41) is 2.83. The average Bonchev–Trinajstić information content (AvgIpc) is 2.16. The highest BCUT2D eigenvalue weighted by molar-refractivity contribution is 5.89. The number of hydrogen-bond donors (Lipinski definition) is 1. The van der Waals surface area contributed by atoms with Gasteiger partial charge in [0, 0.05) is 18.8 Å². The van der Waals surface area contributed by atoms with Crippen LogP contribution in [0.4, 0.5) is 10.5 Å². The Morgan fingerprint density at radius 3 is 2.47 bits per heavy atom. The van der Waals surface area contributed by atoms with Crippen LogP contribution in [-0.2, 0) is 0 Å². The molecular formula is C11H14N2O2. The molecule has 1 aromatic rings. The molecule has 80 valence electrons. The molecule has 0 spiro atoms. The van der Waals surface area contributed by atoms with Crippen molar-refractivity contribution in [2.24, 2.45) is 0 Å². The van der Waals surface area contributed by atoms with Gasteiger partial charge in [-0.2, -0.15) is 0 Å². The predicted octanol–water partition coefficient (Wildman–Crippen LogP) is 1.93. The van der Waals surface area contributed by atoms with Gasteiger partial charge in [-0.15, -0.1) is 0 Å². The smallest absolute Gasteiger partial charge is 0.321 e. The van der Waals surface area contributed by atoms with Gasteiger partial charge in [-0.3, -0.25) is 0 Å². The van der Waals surface area contributed by atoms with Crippen molar-refractivity contribution in [3.05, 3.63) is 24.3 Å². The highest BCUT2D eigenvalue weighted by Crippen LogP contribution is 2.16. The third-order valence-electron chi connectivity index (χ3n) is 2.48. The molecule has 1 aliphatic heterocycles. The van der Waals surface area contributed by atoms with Gasteiger partial charge in [-0.25, -0.2) is 4.79 Å². The summed E-state index contributed by atoms with van der Waals surface area (Å²) in [5.41, 5.74) is 0.799. The minimum atomic E-state index is -0.0218. The summed E-state index contributed by atoms with van der Waals surface area (Å²) in [6.45, 7) is 1.73. The Hall–Kier alpha value is -1.71. The quantitative estimate of drug-likeness (QED) is 0.803. The van der Waals surface area contributed by atoms with Crippen LogP contribution in [0.25, 0.3) is 0 Å². The number of carbonyl (C=O) groups excluding carboxylic acids is 1. The molecule has 0 bridgehead atoms. The Balaban J connectivity index is 1.94. The van der Waals surface area contributed by atoms with Gasteiger partial charge in [0.2, 0.25) is 0 Å². The summed E-state index contributed by atoms with van der Waals surface area (Å²) in [6, 6.07) is 7.29. The van der Waals surface area contributed by atoms with Crippen molar-refractivity contribution < 1.29 is 9.53 Å².